The molecule has 2 aromatic heterocycles. The van der Waals surface area contributed by atoms with Gasteiger partial charge in [0, 0.05) is 10.4 Å². The molecule has 21 heavy (non-hydrogen) atoms. The lowest BCUT2D eigenvalue weighted by atomic mass is 10.1. The number of carboxylic acid groups (broad SMARTS) is 1. The van der Waals surface area contributed by atoms with Crippen LogP contribution in [-0.4, -0.2) is 16.1 Å². The second-order valence-corrected chi connectivity index (χ2v) is 5.87. The number of halogens is 3. The zero-order valence-electron chi connectivity index (χ0n) is 10.2. The molecular formula is C14H6BrCl2NO3. The van der Waals surface area contributed by atoms with Gasteiger partial charge in [-0.05, 0) is 46.3 Å². The predicted molar refractivity (Wildman–Crippen MR) is 84.1 cm³/mol. The minimum absolute atomic E-state index is 0.0620. The van der Waals surface area contributed by atoms with Gasteiger partial charge in [-0.15, -0.1) is 0 Å². The van der Waals surface area contributed by atoms with Crippen molar-refractivity contribution in [2.24, 2.45) is 0 Å². The summed E-state index contributed by atoms with van der Waals surface area (Å²) >= 11 is 15.3. The third-order valence-electron chi connectivity index (χ3n) is 2.89. The number of furan rings is 1. The van der Waals surface area contributed by atoms with Crippen molar-refractivity contribution < 1.29 is 14.3 Å². The highest BCUT2D eigenvalue weighted by molar-refractivity contribution is 9.10. The van der Waals surface area contributed by atoms with Crippen LogP contribution in [0.1, 0.15) is 10.4 Å². The van der Waals surface area contributed by atoms with Gasteiger partial charge in [-0.2, -0.15) is 0 Å². The number of benzene rings is 1. The van der Waals surface area contributed by atoms with Crippen molar-refractivity contribution in [3.05, 3.63) is 50.6 Å². The van der Waals surface area contributed by atoms with Crippen LogP contribution in [0.5, 0.6) is 0 Å². The molecule has 0 bridgehead atoms. The summed E-state index contributed by atoms with van der Waals surface area (Å²) < 4.78 is 5.94. The van der Waals surface area contributed by atoms with E-state index in [-0.39, 0.29) is 10.6 Å². The number of nitrogens with zero attached hydrogens (tertiary/aromatic N) is 1. The molecule has 0 amide bonds. The topological polar surface area (TPSA) is 63.3 Å². The first-order valence-corrected chi connectivity index (χ1v) is 7.29. The predicted octanol–water partition coefficient (Wildman–Crippen LogP) is 5.26. The zero-order valence-corrected chi connectivity index (χ0v) is 13.3. The molecule has 0 unspecified atom stereocenters. The molecule has 2 heterocycles. The second-order valence-electron chi connectivity index (χ2n) is 4.25. The van der Waals surface area contributed by atoms with Gasteiger partial charge < -0.3 is 9.52 Å². The molecule has 4 nitrogen and oxygen atoms in total. The Hall–Kier alpha value is -1.56. The quantitative estimate of drug-likeness (QED) is 0.652. The molecule has 0 aliphatic heterocycles. The van der Waals surface area contributed by atoms with Gasteiger partial charge in [0.25, 0.3) is 0 Å². The Morgan fingerprint density at radius 1 is 1.24 bits per heavy atom. The van der Waals surface area contributed by atoms with Crippen LogP contribution in [0.15, 0.2) is 39.4 Å². The van der Waals surface area contributed by atoms with Crippen molar-refractivity contribution in [2.45, 2.75) is 0 Å². The van der Waals surface area contributed by atoms with E-state index < -0.39 is 5.97 Å². The van der Waals surface area contributed by atoms with Crippen molar-refractivity contribution in [1.29, 1.82) is 0 Å². The maximum atomic E-state index is 11.5. The monoisotopic (exact) mass is 385 g/mol. The van der Waals surface area contributed by atoms with Crippen LogP contribution in [0.2, 0.25) is 10.0 Å². The van der Waals surface area contributed by atoms with E-state index in [1.807, 2.05) is 0 Å². The van der Waals surface area contributed by atoms with Crippen LogP contribution in [-0.2, 0) is 0 Å². The van der Waals surface area contributed by atoms with Crippen LogP contribution >= 0.6 is 39.1 Å². The van der Waals surface area contributed by atoms with Gasteiger partial charge in [-0.1, -0.05) is 23.2 Å². The first-order chi connectivity index (χ1) is 9.95. The number of rotatable bonds is 2. The number of hydrogen-bond acceptors (Lipinski definition) is 3. The average Bonchev–Trinajstić information content (AvgIpc) is 2.84. The van der Waals surface area contributed by atoms with E-state index in [0.29, 0.717) is 32.0 Å². The highest BCUT2D eigenvalue weighted by atomic mass is 79.9. The van der Waals surface area contributed by atoms with E-state index in [4.69, 9.17) is 27.6 Å². The standard InChI is InChI=1S/C14H6BrCl2NO3/c15-12-2-1-11(21-12)10-5-8(14(19)20)7-3-6(16)4-9(17)13(7)18-10/h1-5H,(H,19,20). The van der Waals surface area contributed by atoms with E-state index in [2.05, 4.69) is 20.9 Å². The van der Waals surface area contributed by atoms with Gasteiger partial charge in [0.05, 0.1) is 16.1 Å². The maximum absolute atomic E-state index is 11.5. The first-order valence-electron chi connectivity index (χ1n) is 5.74. The summed E-state index contributed by atoms with van der Waals surface area (Å²) in [5.74, 6) is -0.648. The van der Waals surface area contributed by atoms with Gasteiger partial charge >= 0.3 is 5.97 Å². The lowest BCUT2D eigenvalue weighted by molar-refractivity contribution is 0.0699. The van der Waals surface area contributed by atoms with Gasteiger partial charge in [-0.3, -0.25) is 0 Å². The Bertz CT molecular complexity index is 876. The minimum atomic E-state index is -1.09. The lowest BCUT2D eigenvalue weighted by Gasteiger charge is -2.07. The third kappa shape index (κ3) is 2.64. The summed E-state index contributed by atoms with van der Waals surface area (Å²) in [6, 6.07) is 7.87. The average molecular weight is 387 g/mol. The van der Waals surface area contributed by atoms with Gasteiger partial charge in [0.15, 0.2) is 10.4 Å². The highest BCUT2D eigenvalue weighted by Crippen LogP contribution is 2.33. The Balaban J connectivity index is 2.37. The number of aromatic carboxylic acids is 1. The molecule has 1 aromatic carbocycles. The second kappa shape index (κ2) is 5.33. The molecule has 106 valence electrons. The van der Waals surface area contributed by atoms with Crippen LogP contribution in [0, 0.1) is 0 Å². The normalized spacial score (nSPS) is 11.0. The fourth-order valence-electron chi connectivity index (χ4n) is 2.01. The number of fused-ring (bicyclic) bond motifs is 1. The lowest BCUT2D eigenvalue weighted by Crippen LogP contribution is -2.00. The molecule has 1 N–H and O–H groups in total. The SMILES string of the molecule is O=C(O)c1cc(-c2ccc(Br)o2)nc2c(Cl)cc(Cl)cc12. The number of pyridine rings is 1. The Morgan fingerprint density at radius 2 is 2.00 bits per heavy atom. The fraction of sp³-hybridized carbons (Fsp3) is 0. The van der Waals surface area contributed by atoms with Gasteiger partial charge in [-0.25, -0.2) is 9.78 Å². The number of hydrogen-bond donors (Lipinski definition) is 1. The molecule has 7 heteroatoms. The van der Waals surface area contributed by atoms with Crippen LogP contribution < -0.4 is 0 Å². The first kappa shape index (κ1) is 14.4. The minimum Gasteiger partial charge on any atom is -0.478 e. The van der Waals surface area contributed by atoms with Gasteiger partial charge in [0.2, 0.25) is 0 Å². The molecule has 0 atom stereocenters. The van der Waals surface area contributed by atoms with Crippen molar-refractivity contribution >= 4 is 56.0 Å². The summed E-state index contributed by atoms with van der Waals surface area (Å²) in [5.41, 5.74) is 0.810. The molecule has 0 spiro atoms. The largest absolute Gasteiger partial charge is 0.478 e. The van der Waals surface area contributed by atoms with E-state index in [9.17, 15) is 9.90 Å². The smallest absolute Gasteiger partial charge is 0.336 e. The number of aromatic nitrogens is 1. The highest BCUT2D eigenvalue weighted by Gasteiger charge is 2.17. The molecule has 0 fully saturated rings. The van der Waals surface area contributed by atoms with Crippen LogP contribution in [0.4, 0.5) is 0 Å². The summed E-state index contributed by atoms with van der Waals surface area (Å²) in [7, 11) is 0. The van der Waals surface area contributed by atoms with E-state index in [1.165, 1.54) is 18.2 Å². The number of carboxylic acids is 1. The molecule has 0 aliphatic carbocycles. The van der Waals surface area contributed by atoms with Crippen molar-refractivity contribution in [1.82, 2.24) is 4.98 Å². The van der Waals surface area contributed by atoms with Crippen molar-refractivity contribution in [3.8, 4) is 11.5 Å². The Morgan fingerprint density at radius 3 is 2.62 bits per heavy atom. The van der Waals surface area contributed by atoms with Crippen LogP contribution in [0.3, 0.4) is 0 Å². The van der Waals surface area contributed by atoms with E-state index >= 15 is 0 Å². The zero-order chi connectivity index (χ0) is 15.1. The van der Waals surface area contributed by atoms with Crippen molar-refractivity contribution in [2.75, 3.05) is 0 Å². The molecule has 3 aromatic rings. The number of carbonyl (C=O) groups is 1. The summed E-state index contributed by atoms with van der Waals surface area (Å²) in [5, 5.41) is 10.4. The summed E-state index contributed by atoms with van der Waals surface area (Å²) in [6.07, 6.45) is 0. The summed E-state index contributed by atoms with van der Waals surface area (Å²) in [4.78, 5) is 15.8. The Labute approximate surface area is 137 Å². The Kier molecular flexibility index (Phi) is 3.65. The maximum Gasteiger partial charge on any atom is 0.336 e. The molecule has 0 saturated carbocycles. The molecule has 0 radical (unpaired) electrons. The fourth-order valence-corrected chi connectivity index (χ4v) is 2.85. The van der Waals surface area contributed by atoms with E-state index in [1.54, 1.807) is 12.1 Å². The van der Waals surface area contributed by atoms with Gasteiger partial charge in [0.1, 0.15) is 5.69 Å². The summed E-state index contributed by atoms with van der Waals surface area (Å²) in [6.45, 7) is 0. The third-order valence-corrected chi connectivity index (χ3v) is 3.82. The van der Waals surface area contributed by atoms with Crippen LogP contribution in [0.25, 0.3) is 22.4 Å². The van der Waals surface area contributed by atoms with Crippen molar-refractivity contribution in [3.63, 3.8) is 0 Å². The molecule has 0 saturated heterocycles. The molecule has 3 rings (SSSR count). The molecular weight excluding hydrogens is 381 g/mol. The molecule has 0 aliphatic rings. The van der Waals surface area contributed by atoms with E-state index in [0.717, 1.165) is 0 Å².